The van der Waals surface area contributed by atoms with Gasteiger partial charge in [0.25, 0.3) is 0 Å². The zero-order valence-corrected chi connectivity index (χ0v) is 40.3. The highest BCUT2D eigenvalue weighted by Gasteiger charge is 2.34. The lowest BCUT2D eigenvalue weighted by atomic mass is 9.96. The molecule has 0 saturated carbocycles. The Morgan fingerprint density at radius 2 is 1.14 bits per heavy atom. The lowest BCUT2D eigenvalue weighted by Crippen LogP contribution is -2.48. The number of aromatic amines is 2. The molecule has 14 nitrogen and oxygen atoms in total. The summed E-state index contributed by atoms with van der Waals surface area (Å²) in [5.74, 6) is -0.687. The summed E-state index contributed by atoms with van der Waals surface area (Å²) in [5, 5.41) is 38.1. The van der Waals surface area contributed by atoms with Gasteiger partial charge in [-0.1, -0.05) is 18.2 Å². The minimum Gasteiger partial charge on any atom is -0.496 e. The summed E-state index contributed by atoms with van der Waals surface area (Å²) in [6.45, 7) is 9.34. The number of carboxylic acids is 2. The maximum absolute atomic E-state index is 12.9. The Kier molecular flexibility index (Phi) is 18.0. The number of aromatic carboxylic acids is 2. The minimum absolute atomic E-state index is 0.0216. The zero-order valence-electron chi connectivity index (χ0n) is 40.3. The molecule has 0 radical (unpaired) electrons. The predicted molar refractivity (Wildman–Crippen MR) is 258 cm³/mol. The van der Waals surface area contributed by atoms with Gasteiger partial charge < -0.3 is 34.6 Å². The van der Waals surface area contributed by atoms with Crippen LogP contribution in [0.25, 0.3) is 21.8 Å². The van der Waals surface area contributed by atoms with Crippen molar-refractivity contribution in [1.29, 1.82) is 10.5 Å². The molecule has 4 N–H and O–H groups in total. The van der Waals surface area contributed by atoms with E-state index >= 15 is 0 Å². The number of fused-ring (bicyclic) bond motifs is 2. The van der Waals surface area contributed by atoms with Crippen LogP contribution in [0, 0.1) is 36.5 Å². The highest BCUT2D eigenvalue weighted by Crippen LogP contribution is 2.36. The van der Waals surface area contributed by atoms with Gasteiger partial charge in [-0.05, 0) is 79.1 Å². The van der Waals surface area contributed by atoms with Gasteiger partial charge in [0, 0.05) is 123 Å². The molecular formula is C52H56F6N8O6. The second-order valence-electron chi connectivity index (χ2n) is 17.6. The summed E-state index contributed by atoms with van der Waals surface area (Å²) >= 11 is 0. The second-order valence-corrected chi connectivity index (χ2v) is 17.6. The number of carbonyl (C=O) groups is 2. The molecule has 2 aliphatic heterocycles. The van der Waals surface area contributed by atoms with Crippen molar-refractivity contribution in [1.82, 2.24) is 29.6 Å². The molecule has 0 amide bonds. The van der Waals surface area contributed by atoms with Crippen molar-refractivity contribution in [3.8, 4) is 23.6 Å². The van der Waals surface area contributed by atoms with Crippen LogP contribution >= 0.6 is 0 Å². The molecule has 382 valence electrons. The van der Waals surface area contributed by atoms with E-state index in [1.165, 1.54) is 24.3 Å². The standard InChI is InChI=1S/C26H27F3N4O3.C18H24F3N3O.C8H5NO2/c1-16-11-23(36-2)21(20-5-7-31-24(16)20)14-33-10-9-32(8-6-26(27,28)29)15-22(33)17-3-4-19(25(34)35)18(12-17)13-30;1-13-11-16(25-2)15(14-3-5-22-17(13)14)12-24-9-7-23(8-10-24)6-4-18(19,20)21;9-5-6-3-1-2-4-7(6)8(10)11/h3-5,7,11-12,22,31H,6,8-10,14-15H2,1-2H3,(H,34,35);3,5,11,22H,4,6-10,12H2,1-2H3;1-4H,(H,10,11). The van der Waals surface area contributed by atoms with E-state index in [0.717, 1.165) is 75.2 Å². The lowest BCUT2D eigenvalue weighted by Gasteiger charge is -2.42. The van der Waals surface area contributed by atoms with Crippen LogP contribution in [0.1, 0.15) is 78.5 Å². The highest BCUT2D eigenvalue weighted by atomic mass is 19.4. The van der Waals surface area contributed by atoms with Gasteiger partial charge in [-0.15, -0.1) is 0 Å². The number of hydrogen-bond donors (Lipinski definition) is 4. The molecule has 0 bridgehead atoms. The molecular weight excluding hydrogens is 947 g/mol. The number of ether oxygens (including phenoxy) is 2. The van der Waals surface area contributed by atoms with E-state index in [9.17, 15) is 46.3 Å². The van der Waals surface area contributed by atoms with Gasteiger partial charge in [-0.25, -0.2) is 9.59 Å². The van der Waals surface area contributed by atoms with Crippen molar-refractivity contribution < 1.29 is 55.6 Å². The molecule has 0 spiro atoms. The number of H-pyrrole nitrogens is 2. The Morgan fingerprint density at radius 3 is 1.64 bits per heavy atom. The third-order valence-corrected chi connectivity index (χ3v) is 12.9. The number of methoxy groups -OCH3 is 2. The lowest BCUT2D eigenvalue weighted by molar-refractivity contribution is -0.140. The number of nitrogens with one attached hydrogen (secondary N) is 2. The normalized spacial score (nSPS) is 16.0. The average molecular weight is 1000 g/mol. The molecule has 1 atom stereocenters. The molecule has 20 heteroatoms. The Balaban J connectivity index is 0.000000202. The van der Waals surface area contributed by atoms with Crippen LogP contribution < -0.4 is 9.47 Å². The van der Waals surface area contributed by atoms with E-state index in [1.54, 1.807) is 43.4 Å². The summed E-state index contributed by atoms with van der Waals surface area (Å²) in [6.07, 6.45) is -6.18. The van der Waals surface area contributed by atoms with E-state index in [4.69, 9.17) is 19.8 Å². The molecule has 1 unspecified atom stereocenters. The van der Waals surface area contributed by atoms with E-state index < -0.39 is 37.1 Å². The fourth-order valence-corrected chi connectivity index (χ4v) is 9.13. The molecule has 72 heavy (non-hydrogen) atoms. The Morgan fingerprint density at radius 1 is 0.653 bits per heavy atom. The quantitative estimate of drug-likeness (QED) is 0.0805. The van der Waals surface area contributed by atoms with Crippen LogP contribution in [0.2, 0.25) is 0 Å². The van der Waals surface area contributed by atoms with E-state index in [0.29, 0.717) is 44.8 Å². The van der Waals surface area contributed by atoms with Crippen molar-refractivity contribution in [2.75, 3.05) is 73.1 Å². The number of rotatable bonds is 13. The smallest absolute Gasteiger partial charge is 0.390 e. The van der Waals surface area contributed by atoms with Crippen LogP contribution in [0.5, 0.6) is 11.5 Å². The average Bonchev–Trinajstić information content (AvgIpc) is 4.07. The van der Waals surface area contributed by atoms with Crippen molar-refractivity contribution in [3.63, 3.8) is 0 Å². The Hall–Kier alpha value is -7.10. The number of hydrogen-bond acceptors (Lipinski definition) is 10. The minimum atomic E-state index is -4.25. The van der Waals surface area contributed by atoms with E-state index in [-0.39, 0.29) is 41.4 Å². The van der Waals surface area contributed by atoms with E-state index in [2.05, 4.69) is 25.8 Å². The van der Waals surface area contributed by atoms with Gasteiger partial charge in [0.15, 0.2) is 0 Å². The van der Waals surface area contributed by atoms with Gasteiger partial charge in [-0.3, -0.25) is 14.7 Å². The summed E-state index contributed by atoms with van der Waals surface area (Å²) < 4.78 is 87.0. The molecule has 6 aromatic rings. The van der Waals surface area contributed by atoms with Crippen molar-refractivity contribution in [2.45, 2.75) is 58.2 Å². The first-order chi connectivity index (χ1) is 34.2. The van der Waals surface area contributed by atoms with Crippen LogP contribution in [-0.4, -0.2) is 137 Å². The second kappa shape index (κ2) is 23.9. The number of benzene rings is 4. The van der Waals surface area contributed by atoms with Crippen LogP contribution in [-0.2, 0) is 13.1 Å². The van der Waals surface area contributed by atoms with Crippen LogP contribution in [0.3, 0.4) is 0 Å². The number of nitriles is 2. The summed E-state index contributed by atoms with van der Waals surface area (Å²) in [7, 11) is 3.28. The van der Waals surface area contributed by atoms with Crippen LogP contribution in [0.4, 0.5) is 26.3 Å². The first-order valence-corrected chi connectivity index (χ1v) is 23.1. The Labute approximate surface area is 412 Å². The van der Waals surface area contributed by atoms with Crippen LogP contribution in [0.15, 0.2) is 79.1 Å². The number of piperazine rings is 2. The number of nitrogens with zero attached hydrogens (tertiary/aromatic N) is 6. The molecule has 2 saturated heterocycles. The molecule has 4 aromatic carbocycles. The zero-order chi connectivity index (χ0) is 52.3. The van der Waals surface area contributed by atoms with Crippen molar-refractivity contribution >= 4 is 33.7 Å². The van der Waals surface area contributed by atoms with E-state index in [1.807, 2.05) is 55.4 Å². The summed E-state index contributed by atoms with van der Waals surface area (Å²) in [4.78, 5) is 36.5. The molecule has 8 rings (SSSR count). The molecule has 0 aliphatic carbocycles. The molecule has 2 aromatic heterocycles. The van der Waals surface area contributed by atoms with Gasteiger partial charge in [-0.2, -0.15) is 36.9 Å². The van der Waals surface area contributed by atoms with Gasteiger partial charge in [0.2, 0.25) is 0 Å². The van der Waals surface area contributed by atoms with Crippen molar-refractivity contribution in [3.05, 3.63) is 129 Å². The molecule has 2 aliphatic rings. The third-order valence-electron chi connectivity index (χ3n) is 12.9. The summed E-state index contributed by atoms with van der Waals surface area (Å²) in [6, 6.07) is 22.1. The molecule has 2 fully saturated rings. The fraction of sp³-hybridized carbons (Fsp3) is 0.385. The number of aromatic nitrogens is 2. The maximum Gasteiger partial charge on any atom is 0.390 e. The SMILES string of the molecule is COc1cc(C)c2[nH]ccc2c1CN1CCN(CCC(F)(F)F)CC1.COc1cc(C)c2[nH]ccc2c1CN1CCN(CCC(F)(F)F)CC1c1ccc(C(=O)O)c(C#N)c1.N#Cc1ccccc1C(=O)O. The number of carboxylic acid groups (broad SMARTS) is 2. The predicted octanol–water partition coefficient (Wildman–Crippen LogP) is 9.68. The number of halogens is 6. The fourth-order valence-electron chi connectivity index (χ4n) is 9.13. The topological polar surface area (TPSA) is 185 Å². The van der Waals surface area contributed by atoms with Gasteiger partial charge in [0.05, 0.1) is 49.3 Å². The Bertz CT molecular complexity index is 2930. The highest BCUT2D eigenvalue weighted by molar-refractivity contribution is 5.91. The first-order valence-electron chi connectivity index (χ1n) is 23.1. The molecule has 4 heterocycles. The number of alkyl halides is 6. The largest absolute Gasteiger partial charge is 0.496 e. The van der Waals surface area contributed by atoms with Crippen molar-refractivity contribution in [2.24, 2.45) is 0 Å². The van der Waals surface area contributed by atoms with Gasteiger partial charge in [0.1, 0.15) is 23.6 Å². The van der Waals surface area contributed by atoms with Gasteiger partial charge >= 0.3 is 24.3 Å². The monoisotopic (exact) mass is 1000 g/mol. The number of aryl methyl sites for hydroxylation is 2. The third kappa shape index (κ3) is 13.9. The maximum atomic E-state index is 12.9. The summed E-state index contributed by atoms with van der Waals surface area (Å²) in [5.41, 5.74) is 7.21. The first kappa shape index (κ1) is 54.2.